The third kappa shape index (κ3) is 2.59. The molecule has 2 rings (SSSR count). The van der Waals surface area contributed by atoms with E-state index in [-0.39, 0.29) is 30.8 Å². The summed E-state index contributed by atoms with van der Waals surface area (Å²) in [6.45, 7) is 3.78. The Morgan fingerprint density at radius 1 is 1.26 bits per heavy atom. The zero-order valence-electron chi connectivity index (χ0n) is 11.2. The minimum atomic E-state index is -4.28. The van der Waals surface area contributed by atoms with Gasteiger partial charge in [-0.05, 0) is 25.7 Å². The zero-order valence-corrected chi connectivity index (χ0v) is 11.2. The van der Waals surface area contributed by atoms with Crippen molar-refractivity contribution in [1.29, 1.82) is 0 Å². The third-order valence-electron chi connectivity index (χ3n) is 4.65. The van der Waals surface area contributed by atoms with Crippen LogP contribution in [-0.4, -0.2) is 31.5 Å². The Balaban J connectivity index is 2.25. The molecule has 0 unspecified atom stereocenters. The molecule has 6 atom stereocenters. The molecule has 0 aromatic heterocycles. The highest BCUT2D eigenvalue weighted by Crippen LogP contribution is 2.50. The van der Waals surface area contributed by atoms with Crippen LogP contribution in [0, 0.1) is 23.7 Å². The summed E-state index contributed by atoms with van der Waals surface area (Å²) in [5, 5.41) is 0. The van der Waals surface area contributed by atoms with Crippen LogP contribution in [0.4, 0.5) is 13.2 Å². The number of carbonyl (C=O) groups excluding carboxylic acids is 1. The molecule has 0 radical (unpaired) electrons. The normalized spacial score (nSPS) is 42.8. The van der Waals surface area contributed by atoms with Crippen LogP contribution in [0.3, 0.4) is 0 Å². The molecule has 6 heteroatoms. The quantitative estimate of drug-likeness (QED) is 0.693. The van der Waals surface area contributed by atoms with Gasteiger partial charge in [-0.15, -0.1) is 0 Å². The SMILES string of the molecule is COC(=O)[C@@H]1C[C@H](C(F)(F)F)C[C@@H]2O[C@H](C)[C@@H](C)[C@H]21. The highest BCUT2D eigenvalue weighted by atomic mass is 19.4. The van der Waals surface area contributed by atoms with Crippen LogP contribution in [-0.2, 0) is 14.3 Å². The first-order valence-electron chi connectivity index (χ1n) is 6.55. The van der Waals surface area contributed by atoms with E-state index in [4.69, 9.17) is 4.74 Å². The van der Waals surface area contributed by atoms with Gasteiger partial charge in [0, 0.05) is 5.92 Å². The number of fused-ring (bicyclic) bond motifs is 1. The summed E-state index contributed by atoms with van der Waals surface area (Å²) in [7, 11) is 1.22. The van der Waals surface area contributed by atoms with Crippen LogP contribution in [0.5, 0.6) is 0 Å². The van der Waals surface area contributed by atoms with Gasteiger partial charge in [0.25, 0.3) is 0 Å². The van der Waals surface area contributed by atoms with Crippen LogP contribution in [0.15, 0.2) is 0 Å². The summed E-state index contributed by atoms with van der Waals surface area (Å²) in [6.07, 6.45) is -5.12. The fourth-order valence-electron chi connectivity index (χ4n) is 3.49. The lowest BCUT2D eigenvalue weighted by Gasteiger charge is -2.38. The van der Waals surface area contributed by atoms with Gasteiger partial charge in [0.1, 0.15) is 0 Å². The Bertz CT molecular complexity index is 356. The molecule has 1 saturated carbocycles. The van der Waals surface area contributed by atoms with E-state index in [1.54, 1.807) is 0 Å². The molecule has 0 amide bonds. The molecule has 1 aliphatic carbocycles. The lowest BCUT2D eigenvalue weighted by molar-refractivity contribution is -0.202. The lowest BCUT2D eigenvalue weighted by Crippen LogP contribution is -2.44. The topological polar surface area (TPSA) is 35.5 Å². The number of alkyl halides is 3. The number of hydrogen-bond acceptors (Lipinski definition) is 3. The molecule has 2 aliphatic rings. The maximum absolute atomic E-state index is 12.9. The van der Waals surface area contributed by atoms with Gasteiger partial charge in [-0.3, -0.25) is 4.79 Å². The Kier molecular flexibility index (Phi) is 3.82. The number of carbonyl (C=O) groups is 1. The number of methoxy groups -OCH3 is 1. The van der Waals surface area contributed by atoms with Crippen LogP contribution >= 0.6 is 0 Å². The molecule has 1 heterocycles. The fraction of sp³-hybridized carbons (Fsp3) is 0.923. The molecule has 2 fully saturated rings. The number of halogens is 3. The van der Waals surface area contributed by atoms with E-state index in [9.17, 15) is 18.0 Å². The van der Waals surface area contributed by atoms with Gasteiger partial charge in [0.15, 0.2) is 0 Å². The molecule has 1 aliphatic heterocycles. The predicted molar refractivity (Wildman–Crippen MR) is 61.3 cm³/mol. The highest BCUT2D eigenvalue weighted by molar-refractivity contribution is 5.73. The van der Waals surface area contributed by atoms with Crippen molar-refractivity contribution in [2.24, 2.45) is 23.7 Å². The first kappa shape index (κ1) is 14.6. The van der Waals surface area contributed by atoms with Gasteiger partial charge in [0.05, 0.1) is 31.2 Å². The second kappa shape index (κ2) is 4.96. The average Bonchev–Trinajstić information content (AvgIpc) is 2.62. The Morgan fingerprint density at radius 3 is 2.42 bits per heavy atom. The molecule has 0 aromatic carbocycles. The second-order valence-corrected chi connectivity index (χ2v) is 5.66. The van der Waals surface area contributed by atoms with Crippen molar-refractivity contribution < 1.29 is 27.4 Å². The van der Waals surface area contributed by atoms with E-state index in [0.717, 1.165) is 0 Å². The Labute approximate surface area is 110 Å². The van der Waals surface area contributed by atoms with E-state index in [0.29, 0.717) is 0 Å². The molecule has 0 bridgehead atoms. The summed E-state index contributed by atoms with van der Waals surface area (Å²) < 4.78 is 49.1. The Hall–Kier alpha value is -0.780. The van der Waals surface area contributed by atoms with Gasteiger partial charge < -0.3 is 9.47 Å². The van der Waals surface area contributed by atoms with Crippen molar-refractivity contribution in [2.75, 3.05) is 7.11 Å². The largest absolute Gasteiger partial charge is 0.469 e. The van der Waals surface area contributed by atoms with Gasteiger partial charge in [-0.2, -0.15) is 13.2 Å². The summed E-state index contributed by atoms with van der Waals surface area (Å²) >= 11 is 0. The molecular weight excluding hydrogens is 261 g/mol. The van der Waals surface area contributed by atoms with Crippen LogP contribution in [0.2, 0.25) is 0 Å². The number of hydrogen-bond donors (Lipinski definition) is 0. The van der Waals surface area contributed by atoms with Crippen molar-refractivity contribution >= 4 is 5.97 Å². The third-order valence-corrected chi connectivity index (χ3v) is 4.65. The van der Waals surface area contributed by atoms with Crippen LogP contribution < -0.4 is 0 Å². The summed E-state index contributed by atoms with van der Waals surface area (Å²) in [4.78, 5) is 11.8. The molecule has 0 N–H and O–H groups in total. The molecule has 3 nitrogen and oxygen atoms in total. The van der Waals surface area contributed by atoms with Crippen LogP contribution in [0.1, 0.15) is 26.7 Å². The van der Waals surface area contributed by atoms with Gasteiger partial charge in [-0.25, -0.2) is 0 Å². The molecule has 110 valence electrons. The summed E-state index contributed by atoms with van der Waals surface area (Å²) in [5.41, 5.74) is 0. The molecular formula is C13H19F3O3. The first-order chi connectivity index (χ1) is 8.75. The van der Waals surface area contributed by atoms with Crippen molar-refractivity contribution in [3.05, 3.63) is 0 Å². The molecule has 1 saturated heterocycles. The minimum Gasteiger partial charge on any atom is -0.469 e. The molecule has 0 aromatic rings. The van der Waals surface area contributed by atoms with E-state index in [2.05, 4.69) is 4.74 Å². The lowest BCUT2D eigenvalue weighted by atomic mass is 9.68. The monoisotopic (exact) mass is 280 g/mol. The average molecular weight is 280 g/mol. The van der Waals surface area contributed by atoms with Gasteiger partial charge >= 0.3 is 12.1 Å². The standard InChI is InChI=1S/C13H19F3O3/c1-6-7(2)19-10-5-8(13(14,15)16)4-9(11(6)10)12(17)18-3/h6-11H,4-5H2,1-3H3/t6-,7-,8+,9-,10+,11+/m1/s1. The highest BCUT2D eigenvalue weighted by Gasteiger charge is 2.56. The maximum atomic E-state index is 12.9. The molecule has 19 heavy (non-hydrogen) atoms. The van der Waals surface area contributed by atoms with E-state index in [1.807, 2.05) is 13.8 Å². The maximum Gasteiger partial charge on any atom is 0.391 e. The van der Waals surface area contributed by atoms with Crippen molar-refractivity contribution in [3.8, 4) is 0 Å². The van der Waals surface area contributed by atoms with Crippen molar-refractivity contribution in [3.63, 3.8) is 0 Å². The fourth-order valence-corrected chi connectivity index (χ4v) is 3.49. The van der Waals surface area contributed by atoms with Crippen molar-refractivity contribution in [1.82, 2.24) is 0 Å². The number of rotatable bonds is 1. The van der Waals surface area contributed by atoms with Crippen molar-refractivity contribution in [2.45, 2.75) is 45.1 Å². The van der Waals surface area contributed by atoms with E-state index >= 15 is 0 Å². The van der Waals surface area contributed by atoms with E-state index in [1.165, 1.54) is 7.11 Å². The predicted octanol–water partition coefficient (Wildman–Crippen LogP) is 2.79. The molecule has 0 spiro atoms. The number of esters is 1. The van der Waals surface area contributed by atoms with Gasteiger partial charge in [0.2, 0.25) is 0 Å². The van der Waals surface area contributed by atoms with E-state index < -0.39 is 30.1 Å². The smallest absolute Gasteiger partial charge is 0.391 e. The summed E-state index contributed by atoms with van der Waals surface area (Å²) in [6, 6.07) is 0. The Morgan fingerprint density at radius 2 is 1.89 bits per heavy atom. The summed E-state index contributed by atoms with van der Waals surface area (Å²) in [5.74, 6) is -2.83. The number of ether oxygens (including phenoxy) is 2. The van der Waals surface area contributed by atoms with Gasteiger partial charge in [-0.1, -0.05) is 6.92 Å². The zero-order chi connectivity index (χ0) is 14.4. The van der Waals surface area contributed by atoms with Crippen LogP contribution in [0.25, 0.3) is 0 Å². The minimum absolute atomic E-state index is 0.0453. The second-order valence-electron chi connectivity index (χ2n) is 5.66. The first-order valence-corrected chi connectivity index (χ1v) is 6.55.